The molecule has 0 unspecified atom stereocenters. The zero-order valence-electron chi connectivity index (χ0n) is 6.48. The monoisotopic (exact) mass is 206 g/mol. The van der Waals surface area contributed by atoms with Crippen molar-refractivity contribution in [1.29, 1.82) is 0 Å². The Bertz CT molecular complexity index is 93.3. The molecule has 1 saturated carbocycles. The second kappa shape index (κ2) is 4.35. The van der Waals surface area contributed by atoms with Crippen LogP contribution in [0.1, 0.15) is 32.6 Å². The summed E-state index contributed by atoms with van der Waals surface area (Å²) in [5.74, 6) is 0. The van der Waals surface area contributed by atoms with Gasteiger partial charge in [0.1, 0.15) is 0 Å². The molecule has 0 saturated heterocycles. The predicted octanol–water partition coefficient (Wildman–Crippen LogP) is 2.73. The van der Waals surface area contributed by atoms with Crippen molar-refractivity contribution in [3.05, 3.63) is 0 Å². The summed E-state index contributed by atoms with van der Waals surface area (Å²) in [4.78, 5) is 0.612. The van der Waals surface area contributed by atoms with Crippen LogP contribution in [-0.2, 0) is 4.74 Å². The third kappa shape index (κ3) is 2.24. The lowest BCUT2D eigenvalue weighted by atomic mass is 9.98. The Kier molecular flexibility index (Phi) is 3.71. The molecule has 1 fully saturated rings. The summed E-state index contributed by atoms with van der Waals surface area (Å²) < 4.78 is 5.55. The summed E-state index contributed by atoms with van der Waals surface area (Å²) in [7, 11) is 0. The topological polar surface area (TPSA) is 9.23 Å². The maximum Gasteiger partial charge on any atom is 0.0699 e. The SMILES string of the molecule is CCO[C@@H]1CCCC[C@H]1Br. The van der Waals surface area contributed by atoms with Gasteiger partial charge in [0.2, 0.25) is 0 Å². The van der Waals surface area contributed by atoms with E-state index in [2.05, 4.69) is 22.9 Å². The third-order valence-electron chi connectivity index (χ3n) is 2.00. The summed E-state index contributed by atoms with van der Waals surface area (Å²) in [6, 6.07) is 0. The first kappa shape index (κ1) is 8.54. The first-order chi connectivity index (χ1) is 4.84. The minimum absolute atomic E-state index is 0.485. The van der Waals surface area contributed by atoms with E-state index in [-0.39, 0.29) is 0 Å². The number of hydrogen-bond donors (Lipinski definition) is 0. The molecule has 60 valence electrons. The van der Waals surface area contributed by atoms with E-state index in [1.165, 1.54) is 25.7 Å². The Morgan fingerprint density at radius 2 is 2.10 bits per heavy atom. The van der Waals surface area contributed by atoms with Gasteiger partial charge in [0.05, 0.1) is 6.10 Å². The van der Waals surface area contributed by atoms with Crippen molar-refractivity contribution in [1.82, 2.24) is 0 Å². The smallest absolute Gasteiger partial charge is 0.0699 e. The predicted molar refractivity (Wildman–Crippen MR) is 46.6 cm³/mol. The second-order valence-corrected chi connectivity index (χ2v) is 3.97. The summed E-state index contributed by atoms with van der Waals surface area (Å²) in [5, 5.41) is 0. The highest BCUT2D eigenvalue weighted by Gasteiger charge is 2.22. The van der Waals surface area contributed by atoms with Crippen molar-refractivity contribution in [2.45, 2.75) is 43.5 Å². The van der Waals surface area contributed by atoms with Crippen LogP contribution < -0.4 is 0 Å². The summed E-state index contributed by atoms with van der Waals surface area (Å²) in [5.41, 5.74) is 0. The molecule has 1 nitrogen and oxygen atoms in total. The largest absolute Gasteiger partial charge is 0.377 e. The molecule has 0 aromatic heterocycles. The maximum atomic E-state index is 5.55. The van der Waals surface area contributed by atoms with Crippen molar-refractivity contribution in [2.75, 3.05) is 6.61 Å². The number of rotatable bonds is 2. The van der Waals surface area contributed by atoms with Crippen molar-refractivity contribution in [3.63, 3.8) is 0 Å². The molecule has 2 heteroatoms. The molecule has 0 bridgehead atoms. The highest BCUT2D eigenvalue weighted by Crippen LogP contribution is 2.26. The number of hydrogen-bond acceptors (Lipinski definition) is 1. The van der Waals surface area contributed by atoms with Crippen LogP contribution in [0.4, 0.5) is 0 Å². The van der Waals surface area contributed by atoms with Crippen molar-refractivity contribution < 1.29 is 4.74 Å². The Hall–Kier alpha value is 0.440. The van der Waals surface area contributed by atoms with Crippen molar-refractivity contribution >= 4 is 15.9 Å². The second-order valence-electron chi connectivity index (χ2n) is 2.79. The highest BCUT2D eigenvalue weighted by atomic mass is 79.9. The normalized spacial score (nSPS) is 34.2. The summed E-state index contributed by atoms with van der Waals surface area (Å²) in [6.45, 7) is 2.92. The molecule has 0 aliphatic heterocycles. The van der Waals surface area contributed by atoms with Gasteiger partial charge >= 0.3 is 0 Å². The van der Waals surface area contributed by atoms with Gasteiger partial charge in [-0.15, -0.1) is 0 Å². The van der Waals surface area contributed by atoms with Gasteiger partial charge in [-0.3, -0.25) is 0 Å². The van der Waals surface area contributed by atoms with E-state index in [9.17, 15) is 0 Å². The standard InChI is InChI=1S/C8H15BrO/c1-2-10-8-6-4-3-5-7(8)9/h7-8H,2-6H2,1H3/t7-,8-/m1/s1. The van der Waals surface area contributed by atoms with Gasteiger partial charge in [-0.1, -0.05) is 28.8 Å². The molecule has 0 aromatic carbocycles. The van der Waals surface area contributed by atoms with Gasteiger partial charge in [0.25, 0.3) is 0 Å². The number of halogens is 1. The zero-order chi connectivity index (χ0) is 7.40. The Morgan fingerprint density at radius 3 is 2.70 bits per heavy atom. The average molecular weight is 207 g/mol. The average Bonchev–Trinajstić information content (AvgIpc) is 1.94. The first-order valence-electron chi connectivity index (χ1n) is 4.10. The lowest BCUT2D eigenvalue weighted by molar-refractivity contribution is 0.0430. The van der Waals surface area contributed by atoms with Gasteiger partial charge < -0.3 is 4.74 Å². The molecular formula is C8H15BrO. The fourth-order valence-electron chi connectivity index (χ4n) is 1.45. The van der Waals surface area contributed by atoms with Crippen molar-refractivity contribution in [3.8, 4) is 0 Å². The Labute approximate surface area is 71.3 Å². The van der Waals surface area contributed by atoms with Gasteiger partial charge in [-0.05, 0) is 19.8 Å². The van der Waals surface area contributed by atoms with E-state index in [1.807, 2.05) is 0 Å². The van der Waals surface area contributed by atoms with Gasteiger partial charge in [-0.2, -0.15) is 0 Å². The van der Waals surface area contributed by atoms with Gasteiger partial charge in [-0.25, -0.2) is 0 Å². The van der Waals surface area contributed by atoms with Crippen LogP contribution in [0, 0.1) is 0 Å². The number of alkyl halides is 1. The molecular weight excluding hydrogens is 192 g/mol. The van der Waals surface area contributed by atoms with Crippen LogP contribution in [0.5, 0.6) is 0 Å². The molecule has 1 aliphatic carbocycles. The maximum absolute atomic E-state index is 5.55. The van der Waals surface area contributed by atoms with E-state index in [4.69, 9.17) is 4.74 Å². The molecule has 0 radical (unpaired) electrons. The summed E-state index contributed by atoms with van der Waals surface area (Å²) >= 11 is 3.63. The fourth-order valence-corrected chi connectivity index (χ4v) is 2.19. The molecule has 0 aromatic rings. The van der Waals surface area contributed by atoms with Gasteiger partial charge in [0, 0.05) is 11.4 Å². The molecule has 2 atom stereocenters. The fraction of sp³-hybridized carbons (Fsp3) is 1.00. The van der Waals surface area contributed by atoms with E-state index in [0.29, 0.717) is 10.9 Å². The van der Waals surface area contributed by atoms with E-state index >= 15 is 0 Å². The van der Waals surface area contributed by atoms with Crippen LogP contribution in [0.25, 0.3) is 0 Å². The lowest BCUT2D eigenvalue weighted by Gasteiger charge is -2.26. The minimum atomic E-state index is 0.485. The van der Waals surface area contributed by atoms with Crippen LogP contribution in [0.3, 0.4) is 0 Å². The van der Waals surface area contributed by atoms with Crippen LogP contribution >= 0.6 is 15.9 Å². The Balaban J connectivity index is 2.25. The van der Waals surface area contributed by atoms with E-state index in [1.54, 1.807) is 0 Å². The van der Waals surface area contributed by atoms with Crippen LogP contribution in [0.2, 0.25) is 0 Å². The molecule has 10 heavy (non-hydrogen) atoms. The molecule has 0 N–H and O–H groups in total. The lowest BCUT2D eigenvalue weighted by Crippen LogP contribution is -2.27. The van der Waals surface area contributed by atoms with Gasteiger partial charge in [0.15, 0.2) is 0 Å². The summed E-state index contributed by atoms with van der Waals surface area (Å²) in [6.07, 6.45) is 5.71. The van der Waals surface area contributed by atoms with Crippen molar-refractivity contribution in [2.24, 2.45) is 0 Å². The molecule has 0 heterocycles. The molecule has 1 aliphatic rings. The third-order valence-corrected chi connectivity index (χ3v) is 3.05. The van der Waals surface area contributed by atoms with Crippen LogP contribution in [0.15, 0.2) is 0 Å². The minimum Gasteiger partial charge on any atom is -0.377 e. The Morgan fingerprint density at radius 1 is 1.40 bits per heavy atom. The quantitative estimate of drug-likeness (QED) is 0.632. The molecule has 1 rings (SSSR count). The van der Waals surface area contributed by atoms with E-state index in [0.717, 1.165) is 6.61 Å². The highest BCUT2D eigenvalue weighted by molar-refractivity contribution is 9.09. The zero-order valence-corrected chi connectivity index (χ0v) is 8.06. The first-order valence-corrected chi connectivity index (χ1v) is 5.02. The van der Waals surface area contributed by atoms with Crippen LogP contribution in [-0.4, -0.2) is 17.5 Å². The molecule has 0 amide bonds. The van der Waals surface area contributed by atoms with E-state index < -0.39 is 0 Å². The molecule has 0 spiro atoms. The number of ether oxygens (including phenoxy) is 1.